The fraction of sp³-hybridized carbons (Fsp3) is 0. The topological polar surface area (TPSA) is 61.7 Å². The fourth-order valence-corrected chi connectivity index (χ4v) is 8.56. The third kappa shape index (κ3) is 4.94. The van der Waals surface area contributed by atoms with Gasteiger partial charge in [0, 0.05) is 55.2 Å². The Hall–Kier alpha value is -7.83. The van der Waals surface area contributed by atoms with Gasteiger partial charge in [0.05, 0.1) is 22.1 Å². The van der Waals surface area contributed by atoms with E-state index in [4.69, 9.17) is 19.4 Å². The number of hydrogen-bond acceptors (Lipinski definition) is 4. The summed E-state index contributed by atoms with van der Waals surface area (Å²) < 4.78 is 11.1. The average Bonchev–Trinajstić information content (AvgIpc) is 3.93. The van der Waals surface area contributed by atoms with Gasteiger partial charge in [0.15, 0.2) is 11.6 Å². The predicted octanol–water partition coefficient (Wildman–Crippen LogP) is 13.0. The first-order chi connectivity index (χ1) is 28.2. The van der Waals surface area contributed by atoms with Gasteiger partial charge in [-0.1, -0.05) is 127 Å². The van der Waals surface area contributed by atoms with Gasteiger partial charge in [0.1, 0.15) is 11.2 Å². The summed E-state index contributed by atoms with van der Waals surface area (Å²) >= 11 is 0. The van der Waals surface area contributed by atoms with Crippen LogP contribution >= 0.6 is 0 Å². The molecule has 0 aliphatic rings. The maximum Gasteiger partial charge on any atom is 0.238 e. The number of para-hydroxylation sites is 3. The molecule has 12 rings (SSSR count). The minimum Gasteiger partial charge on any atom is -0.456 e. The molecule has 0 unspecified atom stereocenters. The monoisotopic (exact) mass is 729 g/mol. The molecule has 4 aromatic heterocycles. The highest BCUT2D eigenvalue weighted by Gasteiger charge is 2.20. The van der Waals surface area contributed by atoms with E-state index in [2.05, 4.69) is 161 Å². The molecule has 0 bridgehead atoms. The Morgan fingerprint density at radius 1 is 0.316 bits per heavy atom. The van der Waals surface area contributed by atoms with Gasteiger partial charge in [-0.05, 0) is 65.7 Å². The van der Waals surface area contributed by atoms with Crippen LogP contribution in [-0.2, 0) is 0 Å². The Morgan fingerprint density at radius 3 is 1.58 bits per heavy atom. The quantitative estimate of drug-likeness (QED) is 0.177. The Kier molecular flexibility index (Phi) is 6.83. The summed E-state index contributed by atoms with van der Waals surface area (Å²) in [6.45, 7) is 0. The summed E-state index contributed by atoms with van der Waals surface area (Å²) in [7, 11) is 0. The second kappa shape index (κ2) is 12.3. The molecule has 0 radical (unpaired) electrons. The van der Waals surface area contributed by atoms with Crippen LogP contribution in [0.1, 0.15) is 0 Å². The number of aromatic nitrogens is 5. The maximum atomic E-state index is 6.63. The summed E-state index contributed by atoms with van der Waals surface area (Å²) in [5.41, 5.74) is 11.2. The van der Waals surface area contributed by atoms with Crippen molar-refractivity contribution < 1.29 is 4.42 Å². The van der Waals surface area contributed by atoms with E-state index in [9.17, 15) is 0 Å². The van der Waals surface area contributed by atoms with Crippen LogP contribution < -0.4 is 0 Å². The largest absolute Gasteiger partial charge is 0.456 e. The molecule has 266 valence electrons. The first kappa shape index (κ1) is 31.5. The zero-order valence-corrected chi connectivity index (χ0v) is 30.5. The number of fused-ring (bicyclic) bond motifs is 9. The second-order valence-corrected chi connectivity index (χ2v) is 14.5. The van der Waals surface area contributed by atoms with Crippen LogP contribution in [-0.4, -0.2) is 24.1 Å². The zero-order valence-electron chi connectivity index (χ0n) is 30.5. The minimum absolute atomic E-state index is 0.569. The van der Waals surface area contributed by atoms with Crippen molar-refractivity contribution in [3.63, 3.8) is 0 Å². The molecule has 0 N–H and O–H groups in total. The van der Waals surface area contributed by atoms with E-state index in [1.807, 2.05) is 36.4 Å². The highest BCUT2D eigenvalue weighted by Crippen LogP contribution is 2.40. The Balaban J connectivity index is 1.06. The van der Waals surface area contributed by atoms with Crippen LogP contribution in [0.5, 0.6) is 0 Å². The smallest absolute Gasteiger partial charge is 0.238 e. The van der Waals surface area contributed by atoms with E-state index in [1.54, 1.807) is 0 Å². The number of benzene rings is 8. The molecule has 0 fully saturated rings. The fourth-order valence-electron chi connectivity index (χ4n) is 8.56. The van der Waals surface area contributed by atoms with Crippen molar-refractivity contribution in [3.8, 4) is 45.5 Å². The first-order valence-electron chi connectivity index (χ1n) is 19.1. The Morgan fingerprint density at radius 2 is 0.877 bits per heavy atom. The standard InChI is InChI=1S/C51H31N5O/c1-3-14-32(15-4-1)34-18-13-19-36(28-34)55-43-23-10-9-22-39(43)40-30-42-41-29-35(26-27-47(41)57-48(42)31-46(40)55)50-52-49(33-16-5-2-6-17-33)53-51(54-50)56-44-24-11-7-20-37(44)38-21-8-12-25-45(38)56/h1-31H. The SMILES string of the molecule is c1ccc(-c2cccc(-n3c4ccccc4c4cc5c(cc43)oc3ccc(-c4nc(-c6ccccc6)nc(-n6c7ccccc7c7ccccc76)n4)cc35)c2)cc1. The molecule has 0 saturated carbocycles. The molecule has 57 heavy (non-hydrogen) atoms. The van der Waals surface area contributed by atoms with Crippen LogP contribution in [0.15, 0.2) is 192 Å². The zero-order chi connectivity index (χ0) is 37.5. The first-order valence-corrected chi connectivity index (χ1v) is 19.1. The normalized spacial score (nSPS) is 11.9. The van der Waals surface area contributed by atoms with E-state index in [0.29, 0.717) is 17.6 Å². The van der Waals surface area contributed by atoms with E-state index >= 15 is 0 Å². The average molecular weight is 730 g/mol. The van der Waals surface area contributed by atoms with E-state index < -0.39 is 0 Å². The van der Waals surface area contributed by atoms with E-state index in [0.717, 1.165) is 77.0 Å². The van der Waals surface area contributed by atoms with Crippen molar-refractivity contribution in [3.05, 3.63) is 188 Å². The van der Waals surface area contributed by atoms with Crippen molar-refractivity contribution >= 4 is 65.6 Å². The number of nitrogens with zero attached hydrogens (tertiary/aromatic N) is 5. The van der Waals surface area contributed by atoms with Gasteiger partial charge in [-0.2, -0.15) is 9.97 Å². The van der Waals surface area contributed by atoms with Gasteiger partial charge >= 0.3 is 0 Å². The van der Waals surface area contributed by atoms with Crippen molar-refractivity contribution in [1.82, 2.24) is 24.1 Å². The lowest BCUT2D eigenvalue weighted by Crippen LogP contribution is -2.06. The third-order valence-corrected chi connectivity index (χ3v) is 11.2. The van der Waals surface area contributed by atoms with Crippen molar-refractivity contribution in [2.45, 2.75) is 0 Å². The van der Waals surface area contributed by atoms with E-state index in [-0.39, 0.29) is 0 Å². The molecule has 4 heterocycles. The molecule has 8 aromatic carbocycles. The predicted molar refractivity (Wildman–Crippen MR) is 232 cm³/mol. The second-order valence-electron chi connectivity index (χ2n) is 14.5. The van der Waals surface area contributed by atoms with Crippen LogP contribution in [0, 0.1) is 0 Å². The molecular weight excluding hydrogens is 699 g/mol. The summed E-state index contributed by atoms with van der Waals surface area (Å²) in [5, 5.41) is 6.70. The molecule has 0 saturated heterocycles. The molecule has 0 atom stereocenters. The Labute approximate surface area is 326 Å². The molecule has 0 aliphatic heterocycles. The van der Waals surface area contributed by atoms with Crippen molar-refractivity contribution in [2.24, 2.45) is 0 Å². The van der Waals surface area contributed by atoms with Crippen LogP contribution in [0.25, 0.3) is 111 Å². The molecular formula is C51H31N5O. The van der Waals surface area contributed by atoms with Crippen molar-refractivity contribution in [1.29, 1.82) is 0 Å². The number of hydrogen-bond donors (Lipinski definition) is 0. The van der Waals surface area contributed by atoms with Crippen LogP contribution in [0.2, 0.25) is 0 Å². The Bertz CT molecular complexity index is 3470. The van der Waals surface area contributed by atoms with Gasteiger partial charge in [-0.15, -0.1) is 0 Å². The summed E-state index contributed by atoms with van der Waals surface area (Å²) in [6, 6.07) is 65.6. The van der Waals surface area contributed by atoms with Gasteiger partial charge in [-0.3, -0.25) is 4.57 Å². The van der Waals surface area contributed by atoms with E-state index in [1.165, 1.54) is 16.5 Å². The molecule has 12 aromatic rings. The lowest BCUT2D eigenvalue weighted by Gasteiger charge is -2.11. The molecule has 0 spiro atoms. The highest BCUT2D eigenvalue weighted by molar-refractivity contribution is 6.17. The lowest BCUT2D eigenvalue weighted by molar-refractivity contribution is 0.669. The molecule has 6 heteroatoms. The summed E-state index contributed by atoms with van der Waals surface area (Å²) in [5.74, 6) is 1.77. The minimum atomic E-state index is 0.569. The number of furan rings is 1. The van der Waals surface area contributed by atoms with Crippen LogP contribution in [0.3, 0.4) is 0 Å². The van der Waals surface area contributed by atoms with Gasteiger partial charge in [0.25, 0.3) is 0 Å². The molecule has 0 aliphatic carbocycles. The lowest BCUT2D eigenvalue weighted by atomic mass is 10.1. The number of rotatable bonds is 5. The summed E-state index contributed by atoms with van der Waals surface area (Å²) in [4.78, 5) is 15.4. The highest BCUT2D eigenvalue weighted by atomic mass is 16.3. The maximum absolute atomic E-state index is 6.63. The molecule has 0 amide bonds. The van der Waals surface area contributed by atoms with Gasteiger partial charge in [-0.25, -0.2) is 4.98 Å². The molecule has 6 nitrogen and oxygen atoms in total. The van der Waals surface area contributed by atoms with Gasteiger partial charge in [0.2, 0.25) is 5.95 Å². The third-order valence-electron chi connectivity index (χ3n) is 11.2. The van der Waals surface area contributed by atoms with Gasteiger partial charge < -0.3 is 8.98 Å². The summed E-state index contributed by atoms with van der Waals surface area (Å²) in [6.07, 6.45) is 0. The van der Waals surface area contributed by atoms with Crippen molar-refractivity contribution in [2.75, 3.05) is 0 Å². The van der Waals surface area contributed by atoms with Crippen LogP contribution in [0.4, 0.5) is 0 Å².